The molecule has 1 fully saturated rings. The maximum atomic E-state index is 12.3. The SMILES string of the molecule is CC(C)c1noc(CCCNC(=O)N2CCN(Cc3cccnc3)CC2)n1. The van der Waals surface area contributed by atoms with Crippen LogP contribution in [0.2, 0.25) is 0 Å². The number of piperazine rings is 1. The number of urea groups is 1. The lowest BCUT2D eigenvalue weighted by Gasteiger charge is -2.34. The third-order valence-corrected chi connectivity index (χ3v) is 4.63. The Hall–Kier alpha value is -2.48. The molecule has 0 aliphatic carbocycles. The first-order valence-corrected chi connectivity index (χ1v) is 9.58. The third kappa shape index (κ3) is 5.75. The standard InChI is InChI=1S/C19H28N6O2/c1-15(2)18-22-17(27-23-18)6-4-8-21-19(26)25-11-9-24(10-12-25)14-16-5-3-7-20-13-16/h3,5,7,13,15H,4,6,8-12,14H2,1-2H3,(H,21,26). The number of pyridine rings is 1. The summed E-state index contributed by atoms with van der Waals surface area (Å²) in [4.78, 5) is 25.0. The molecule has 1 aliphatic heterocycles. The van der Waals surface area contributed by atoms with Crippen molar-refractivity contribution >= 4 is 6.03 Å². The van der Waals surface area contributed by atoms with E-state index in [1.54, 1.807) is 6.20 Å². The summed E-state index contributed by atoms with van der Waals surface area (Å²) in [6, 6.07) is 4.04. The summed E-state index contributed by atoms with van der Waals surface area (Å²) in [5, 5.41) is 6.94. The number of hydrogen-bond donors (Lipinski definition) is 1. The van der Waals surface area contributed by atoms with Crippen molar-refractivity contribution in [2.45, 2.75) is 39.2 Å². The first-order valence-electron chi connectivity index (χ1n) is 9.58. The first-order chi connectivity index (χ1) is 13.1. The summed E-state index contributed by atoms with van der Waals surface area (Å²) < 4.78 is 5.22. The lowest BCUT2D eigenvalue weighted by Crippen LogP contribution is -2.51. The fraction of sp³-hybridized carbons (Fsp3) is 0.579. The molecule has 146 valence electrons. The van der Waals surface area contributed by atoms with Crippen molar-refractivity contribution in [3.63, 3.8) is 0 Å². The van der Waals surface area contributed by atoms with Gasteiger partial charge in [-0.2, -0.15) is 4.98 Å². The van der Waals surface area contributed by atoms with Crippen LogP contribution < -0.4 is 5.32 Å². The molecule has 3 rings (SSSR count). The number of aromatic nitrogens is 3. The van der Waals surface area contributed by atoms with Crippen LogP contribution in [0.15, 0.2) is 29.0 Å². The molecule has 0 radical (unpaired) electrons. The van der Waals surface area contributed by atoms with Gasteiger partial charge in [0.15, 0.2) is 5.82 Å². The maximum Gasteiger partial charge on any atom is 0.317 e. The molecule has 1 saturated heterocycles. The second-order valence-electron chi connectivity index (χ2n) is 7.16. The highest BCUT2D eigenvalue weighted by Gasteiger charge is 2.20. The fourth-order valence-corrected chi connectivity index (χ4v) is 3.01. The minimum absolute atomic E-state index is 0.00410. The Morgan fingerprint density at radius 1 is 1.30 bits per heavy atom. The van der Waals surface area contributed by atoms with Gasteiger partial charge in [-0.25, -0.2) is 4.79 Å². The molecule has 8 heteroatoms. The number of rotatable bonds is 7. The predicted molar refractivity (Wildman–Crippen MR) is 101 cm³/mol. The molecule has 0 aromatic carbocycles. The number of nitrogens with one attached hydrogen (secondary N) is 1. The van der Waals surface area contributed by atoms with Gasteiger partial charge in [0.25, 0.3) is 0 Å². The normalized spacial score (nSPS) is 15.3. The van der Waals surface area contributed by atoms with Gasteiger partial charge in [-0.1, -0.05) is 25.1 Å². The average molecular weight is 372 g/mol. The molecule has 27 heavy (non-hydrogen) atoms. The smallest absolute Gasteiger partial charge is 0.317 e. The van der Waals surface area contributed by atoms with E-state index < -0.39 is 0 Å². The van der Waals surface area contributed by atoms with Gasteiger partial charge < -0.3 is 14.7 Å². The van der Waals surface area contributed by atoms with Crippen molar-refractivity contribution in [1.29, 1.82) is 0 Å². The monoisotopic (exact) mass is 372 g/mol. The van der Waals surface area contributed by atoms with Crippen LogP contribution in [0.5, 0.6) is 0 Å². The second kappa shape index (κ2) is 9.45. The number of amides is 2. The van der Waals surface area contributed by atoms with Gasteiger partial charge in [-0.05, 0) is 18.1 Å². The molecule has 2 aromatic rings. The molecular weight excluding hydrogens is 344 g/mol. The van der Waals surface area contributed by atoms with E-state index in [2.05, 4.69) is 31.4 Å². The third-order valence-electron chi connectivity index (χ3n) is 4.63. The fourth-order valence-electron chi connectivity index (χ4n) is 3.01. The molecule has 0 saturated carbocycles. The van der Waals surface area contributed by atoms with Crippen LogP contribution in [0.1, 0.15) is 43.5 Å². The Kier molecular flexibility index (Phi) is 6.75. The Labute approximate surface area is 159 Å². The lowest BCUT2D eigenvalue weighted by atomic mass is 10.2. The van der Waals surface area contributed by atoms with E-state index >= 15 is 0 Å². The summed E-state index contributed by atoms with van der Waals surface area (Å²) in [6.45, 7) is 8.79. The van der Waals surface area contributed by atoms with Crippen LogP contribution in [-0.2, 0) is 13.0 Å². The minimum atomic E-state index is 0.00410. The van der Waals surface area contributed by atoms with Crippen LogP contribution in [0.4, 0.5) is 4.79 Å². The quantitative estimate of drug-likeness (QED) is 0.749. The van der Waals surface area contributed by atoms with E-state index in [4.69, 9.17) is 4.52 Å². The van der Waals surface area contributed by atoms with Crippen molar-refractivity contribution < 1.29 is 9.32 Å². The van der Waals surface area contributed by atoms with E-state index in [9.17, 15) is 4.79 Å². The average Bonchev–Trinajstić information content (AvgIpc) is 3.16. The van der Waals surface area contributed by atoms with Crippen LogP contribution in [-0.4, -0.2) is 63.7 Å². The molecule has 0 unspecified atom stereocenters. The molecule has 1 aliphatic rings. The highest BCUT2D eigenvalue weighted by atomic mass is 16.5. The van der Waals surface area contributed by atoms with Crippen LogP contribution >= 0.6 is 0 Å². The summed E-state index contributed by atoms with van der Waals surface area (Å²) >= 11 is 0. The van der Waals surface area contributed by atoms with Gasteiger partial charge >= 0.3 is 6.03 Å². The lowest BCUT2D eigenvalue weighted by molar-refractivity contribution is 0.135. The first kappa shape index (κ1) is 19.3. The number of carbonyl (C=O) groups excluding carboxylic acids is 1. The van der Waals surface area contributed by atoms with E-state index in [1.807, 2.05) is 31.0 Å². The van der Waals surface area contributed by atoms with Gasteiger partial charge in [0, 0.05) is 64.0 Å². The molecule has 0 bridgehead atoms. The summed E-state index contributed by atoms with van der Waals surface area (Å²) in [7, 11) is 0. The molecule has 0 atom stereocenters. The number of hydrogen-bond acceptors (Lipinski definition) is 6. The van der Waals surface area contributed by atoms with Gasteiger partial charge in [0.1, 0.15) is 0 Å². The molecule has 3 heterocycles. The Morgan fingerprint density at radius 3 is 2.78 bits per heavy atom. The highest BCUT2D eigenvalue weighted by molar-refractivity contribution is 5.74. The zero-order valence-corrected chi connectivity index (χ0v) is 16.1. The van der Waals surface area contributed by atoms with Crippen molar-refractivity contribution in [3.8, 4) is 0 Å². The van der Waals surface area contributed by atoms with E-state index in [-0.39, 0.29) is 11.9 Å². The van der Waals surface area contributed by atoms with E-state index in [0.717, 1.165) is 45.0 Å². The van der Waals surface area contributed by atoms with Crippen molar-refractivity contribution in [2.24, 2.45) is 0 Å². The zero-order valence-electron chi connectivity index (χ0n) is 16.1. The topological polar surface area (TPSA) is 87.4 Å². The summed E-state index contributed by atoms with van der Waals surface area (Å²) in [6.07, 6.45) is 5.14. The largest absolute Gasteiger partial charge is 0.339 e. The van der Waals surface area contributed by atoms with Crippen LogP contribution in [0, 0.1) is 0 Å². The van der Waals surface area contributed by atoms with Gasteiger partial charge in [-0.15, -0.1) is 0 Å². The number of aryl methyl sites for hydroxylation is 1. The Bertz CT molecular complexity index is 710. The van der Waals surface area contributed by atoms with Gasteiger partial charge in [-0.3, -0.25) is 9.88 Å². The van der Waals surface area contributed by atoms with Crippen LogP contribution in [0.3, 0.4) is 0 Å². The molecule has 1 N–H and O–H groups in total. The minimum Gasteiger partial charge on any atom is -0.339 e. The van der Waals surface area contributed by atoms with Crippen molar-refractivity contribution in [3.05, 3.63) is 41.8 Å². The van der Waals surface area contributed by atoms with Gasteiger partial charge in [0.05, 0.1) is 0 Å². The van der Waals surface area contributed by atoms with Crippen molar-refractivity contribution in [2.75, 3.05) is 32.7 Å². The predicted octanol–water partition coefficient (Wildman–Crippen LogP) is 2.05. The summed E-state index contributed by atoms with van der Waals surface area (Å²) in [5.41, 5.74) is 1.21. The van der Waals surface area contributed by atoms with E-state index in [0.29, 0.717) is 18.9 Å². The zero-order chi connectivity index (χ0) is 19.1. The number of carbonyl (C=O) groups is 1. The van der Waals surface area contributed by atoms with Gasteiger partial charge in [0.2, 0.25) is 5.89 Å². The molecule has 8 nitrogen and oxygen atoms in total. The number of nitrogens with zero attached hydrogens (tertiary/aromatic N) is 5. The maximum absolute atomic E-state index is 12.3. The van der Waals surface area contributed by atoms with Crippen molar-refractivity contribution in [1.82, 2.24) is 30.2 Å². The van der Waals surface area contributed by atoms with Crippen LogP contribution in [0.25, 0.3) is 0 Å². The Balaban J connectivity index is 1.32. The molecule has 2 amide bonds. The molecule has 0 spiro atoms. The second-order valence-corrected chi connectivity index (χ2v) is 7.16. The molecular formula is C19H28N6O2. The highest BCUT2D eigenvalue weighted by Crippen LogP contribution is 2.11. The Morgan fingerprint density at radius 2 is 2.11 bits per heavy atom. The molecule has 2 aromatic heterocycles. The summed E-state index contributed by atoms with van der Waals surface area (Å²) in [5.74, 6) is 1.63. The van der Waals surface area contributed by atoms with E-state index in [1.165, 1.54) is 5.56 Å².